The van der Waals surface area contributed by atoms with Crippen LogP contribution in [0.1, 0.15) is 37.7 Å². The van der Waals surface area contributed by atoms with Gasteiger partial charge in [-0.2, -0.15) is 0 Å². The smallest absolute Gasteiger partial charge is 0.264 e. The molecule has 2 aromatic carbocycles. The Labute approximate surface area is 171 Å². The lowest BCUT2D eigenvalue weighted by Crippen LogP contribution is -2.45. The lowest BCUT2D eigenvalue weighted by Gasteiger charge is -2.28. The van der Waals surface area contributed by atoms with Gasteiger partial charge in [-0.1, -0.05) is 55.1 Å². The molecule has 150 valence electrons. The molecule has 0 aliphatic heterocycles. The minimum absolute atomic E-state index is 0.114. The molecule has 5 nitrogen and oxygen atoms in total. The summed E-state index contributed by atoms with van der Waals surface area (Å²) in [4.78, 5) is 12.9. The Kier molecular flexibility index (Phi) is 6.62. The van der Waals surface area contributed by atoms with E-state index in [4.69, 9.17) is 11.6 Å². The molecule has 2 aromatic rings. The molecule has 1 amide bonds. The molecule has 1 aliphatic rings. The van der Waals surface area contributed by atoms with Crippen LogP contribution in [0.15, 0.2) is 53.4 Å². The molecule has 28 heavy (non-hydrogen) atoms. The molecule has 1 aliphatic carbocycles. The van der Waals surface area contributed by atoms with Crippen LogP contribution in [0.25, 0.3) is 0 Å². The van der Waals surface area contributed by atoms with Crippen LogP contribution in [-0.2, 0) is 14.8 Å². The van der Waals surface area contributed by atoms with Crippen molar-refractivity contribution in [1.82, 2.24) is 5.32 Å². The van der Waals surface area contributed by atoms with Gasteiger partial charge in [0.1, 0.15) is 6.54 Å². The largest absolute Gasteiger partial charge is 0.352 e. The second kappa shape index (κ2) is 8.97. The first kappa shape index (κ1) is 20.7. The molecule has 0 heterocycles. The molecule has 0 atom stereocenters. The maximum absolute atomic E-state index is 13.3. The van der Waals surface area contributed by atoms with E-state index in [9.17, 15) is 13.2 Å². The number of amides is 1. The fourth-order valence-electron chi connectivity index (χ4n) is 3.52. The summed E-state index contributed by atoms with van der Waals surface area (Å²) < 4.78 is 27.8. The van der Waals surface area contributed by atoms with Gasteiger partial charge >= 0.3 is 0 Å². The quantitative estimate of drug-likeness (QED) is 0.757. The van der Waals surface area contributed by atoms with Crippen molar-refractivity contribution >= 4 is 33.2 Å². The number of benzene rings is 2. The Hall–Kier alpha value is -2.05. The summed E-state index contributed by atoms with van der Waals surface area (Å²) in [5.74, 6) is -0.300. The number of halogens is 1. The van der Waals surface area contributed by atoms with Crippen molar-refractivity contribution in [3.63, 3.8) is 0 Å². The number of nitrogens with zero attached hydrogens (tertiary/aromatic N) is 1. The summed E-state index contributed by atoms with van der Waals surface area (Å²) in [6.45, 7) is 1.52. The van der Waals surface area contributed by atoms with Gasteiger partial charge in [0.05, 0.1) is 10.6 Å². The number of sulfonamides is 1. The highest BCUT2D eigenvalue weighted by molar-refractivity contribution is 7.92. The Bertz CT molecular complexity index is 926. The van der Waals surface area contributed by atoms with Crippen LogP contribution < -0.4 is 9.62 Å². The third-order valence-corrected chi connectivity index (χ3v) is 7.04. The van der Waals surface area contributed by atoms with Gasteiger partial charge in [-0.3, -0.25) is 9.10 Å². The SMILES string of the molecule is Cc1ccc(Cl)cc1N(CC(=O)NC1CCCCC1)S(=O)(=O)c1ccccc1. The predicted molar refractivity (Wildman–Crippen MR) is 112 cm³/mol. The number of aryl methyl sites for hydroxylation is 1. The van der Waals surface area contributed by atoms with Gasteiger partial charge in [-0.05, 0) is 49.6 Å². The minimum Gasteiger partial charge on any atom is -0.352 e. The molecule has 0 saturated heterocycles. The maximum atomic E-state index is 13.3. The average Bonchev–Trinajstić information content (AvgIpc) is 2.69. The van der Waals surface area contributed by atoms with Crippen molar-refractivity contribution in [2.24, 2.45) is 0 Å². The van der Waals surface area contributed by atoms with Crippen LogP contribution in [-0.4, -0.2) is 26.9 Å². The third kappa shape index (κ3) is 4.86. The summed E-state index contributed by atoms with van der Waals surface area (Å²) in [7, 11) is -3.92. The Morgan fingerprint density at radius 3 is 2.46 bits per heavy atom. The van der Waals surface area contributed by atoms with E-state index in [1.54, 1.807) is 43.3 Å². The summed E-state index contributed by atoms with van der Waals surface area (Å²) in [5.41, 5.74) is 1.14. The van der Waals surface area contributed by atoms with Crippen LogP contribution in [0.3, 0.4) is 0 Å². The Balaban J connectivity index is 1.92. The highest BCUT2D eigenvalue weighted by Gasteiger charge is 2.29. The lowest BCUT2D eigenvalue weighted by molar-refractivity contribution is -0.120. The zero-order valence-electron chi connectivity index (χ0n) is 15.9. The van der Waals surface area contributed by atoms with Crippen molar-refractivity contribution in [3.05, 3.63) is 59.1 Å². The average molecular weight is 421 g/mol. The number of anilines is 1. The van der Waals surface area contributed by atoms with Gasteiger partial charge in [-0.25, -0.2) is 8.42 Å². The lowest BCUT2D eigenvalue weighted by atomic mass is 9.95. The predicted octanol–water partition coefficient (Wildman–Crippen LogP) is 4.29. The molecular weight excluding hydrogens is 396 g/mol. The van der Waals surface area contributed by atoms with Crippen molar-refractivity contribution in [3.8, 4) is 0 Å². The monoisotopic (exact) mass is 420 g/mol. The van der Waals surface area contributed by atoms with E-state index < -0.39 is 10.0 Å². The zero-order chi connectivity index (χ0) is 20.1. The van der Waals surface area contributed by atoms with Crippen LogP contribution >= 0.6 is 11.6 Å². The zero-order valence-corrected chi connectivity index (χ0v) is 17.5. The summed E-state index contributed by atoms with van der Waals surface area (Å²) >= 11 is 6.13. The van der Waals surface area contributed by atoms with Crippen LogP contribution in [0.2, 0.25) is 5.02 Å². The van der Waals surface area contributed by atoms with Crippen molar-refractivity contribution in [2.45, 2.75) is 50.0 Å². The van der Waals surface area contributed by atoms with Gasteiger partial charge in [0.25, 0.3) is 10.0 Å². The Morgan fingerprint density at radius 2 is 1.79 bits per heavy atom. The van der Waals surface area contributed by atoms with Crippen molar-refractivity contribution in [2.75, 3.05) is 10.8 Å². The van der Waals surface area contributed by atoms with E-state index >= 15 is 0 Å². The van der Waals surface area contributed by atoms with E-state index in [-0.39, 0.29) is 23.4 Å². The van der Waals surface area contributed by atoms with E-state index in [0.29, 0.717) is 10.7 Å². The number of hydrogen-bond acceptors (Lipinski definition) is 3. The van der Waals surface area contributed by atoms with Crippen LogP contribution in [0.5, 0.6) is 0 Å². The topological polar surface area (TPSA) is 66.5 Å². The molecule has 3 rings (SSSR count). The number of nitrogens with one attached hydrogen (secondary N) is 1. The fourth-order valence-corrected chi connectivity index (χ4v) is 5.19. The molecule has 0 spiro atoms. The van der Waals surface area contributed by atoms with Crippen LogP contribution in [0, 0.1) is 6.92 Å². The summed E-state index contributed by atoms with van der Waals surface area (Å²) in [6, 6.07) is 13.3. The molecule has 7 heteroatoms. The molecule has 0 aromatic heterocycles. The highest BCUT2D eigenvalue weighted by Crippen LogP contribution is 2.29. The summed E-state index contributed by atoms with van der Waals surface area (Å²) in [6.07, 6.45) is 5.23. The number of rotatable bonds is 6. The molecule has 0 bridgehead atoms. The van der Waals surface area contributed by atoms with Crippen LogP contribution in [0.4, 0.5) is 5.69 Å². The number of hydrogen-bond donors (Lipinski definition) is 1. The maximum Gasteiger partial charge on any atom is 0.264 e. The summed E-state index contributed by atoms with van der Waals surface area (Å²) in [5, 5.41) is 3.42. The van der Waals surface area contributed by atoms with Crippen molar-refractivity contribution in [1.29, 1.82) is 0 Å². The van der Waals surface area contributed by atoms with E-state index in [1.165, 1.54) is 18.6 Å². The molecule has 1 saturated carbocycles. The third-order valence-electron chi connectivity index (χ3n) is 5.03. The second-order valence-corrected chi connectivity index (χ2v) is 9.46. The van der Waals surface area contributed by atoms with E-state index in [0.717, 1.165) is 35.6 Å². The minimum atomic E-state index is -3.92. The highest BCUT2D eigenvalue weighted by atomic mass is 35.5. The standard InChI is InChI=1S/C21H25ClN2O3S/c1-16-12-13-17(22)14-20(16)24(28(26,27)19-10-6-3-7-11-19)15-21(25)23-18-8-4-2-5-9-18/h3,6-7,10-14,18H,2,4-5,8-9,15H2,1H3,(H,23,25). The van der Waals surface area contributed by atoms with Gasteiger partial charge in [0.2, 0.25) is 5.91 Å². The first-order valence-corrected chi connectivity index (χ1v) is 11.3. The second-order valence-electron chi connectivity index (χ2n) is 7.16. The molecule has 1 N–H and O–H groups in total. The molecule has 0 unspecified atom stereocenters. The Morgan fingerprint density at radius 1 is 1.11 bits per heavy atom. The molecular formula is C21H25ClN2O3S. The van der Waals surface area contributed by atoms with Gasteiger partial charge in [0.15, 0.2) is 0 Å². The van der Waals surface area contributed by atoms with Gasteiger partial charge in [0, 0.05) is 11.1 Å². The van der Waals surface area contributed by atoms with E-state index in [2.05, 4.69) is 5.32 Å². The normalized spacial score (nSPS) is 15.2. The first-order chi connectivity index (χ1) is 13.4. The van der Waals surface area contributed by atoms with Gasteiger partial charge < -0.3 is 5.32 Å². The number of carbonyl (C=O) groups is 1. The number of carbonyl (C=O) groups excluding carboxylic acids is 1. The van der Waals surface area contributed by atoms with Crippen molar-refractivity contribution < 1.29 is 13.2 Å². The van der Waals surface area contributed by atoms with Gasteiger partial charge in [-0.15, -0.1) is 0 Å². The first-order valence-electron chi connectivity index (χ1n) is 9.51. The molecule has 0 radical (unpaired) electrons. The van der Waals surface area contributed by atoms with E-state index in [1.807, 2.05) is 0 Å². The fraction of sp³-hybridized carbons (Fsp3) is 0.381. The molecule has 1 fully saturated rings.